The van der Waals surface area contributed by atoms with Gasteiger partial charge in [-0.05, 0) is 61.9 Å². The zero-order valence-corrected chi connectivity index (χ0v) is 28.1. The van der Waals surface area contributed by atoms with Gasteiger partial charge in [0.2, 0.25) is 5.69 Å². The SMILES string of the molecule is CNc1ccc2c(c1)C(C)(C)C(/C=C/C=C/C=C/C=C1/N(CCC(C)C)c3ccc([N+](=O)[O-])cc3C1(C)C)=[N+]2CCC(C)C. The first-order valence-corrected chi connectivity index (χ1v) is 16.0. The monoisotopic (exact) mass is 595 g/mol. The lowest BCUT2D eigenvalue weighted by atomic mass is 9.81. The molecule has 0 fully saturated rings. The molecular formula is C38H51N4O2+. The summed E-state index contributed by atoms with van der Waals surface area (Å²) in [6, 6.07) is 12.0. The van der Waals surface area contributed by atoms with Crippen molar-refractivity contribution in [1.29, 1.82) is 0 Å². The summed E-state index contributed by atoms with van der Waals surface area (Å²) in [5.74, 6) is 1.20. The maximum absolute atomic E-state index is 11.5. The third kappa shape index (κ3) is 6.74. The average molecular weight is 596 g/mol. The van der Waals surface area contributed by atoms with E-state index in [0.717, 1.165) is 48.6 Å². The quantitative estimate of drug-likeness (QED) is 0.115. The molecule has 2 aliphatic rings. The Balaban J connectivity index is 1.57. The molecule has 1 N–H and O–H groups in total. The summed E-state index contributed by atoms with van der Waals surface area (Å²) in [6.45, 7) is 19.9. The molecule has 0 aliphatic carbocycles. The molecule has 0 unspecified atom stereocenters. The van der Waals surface area contributed by atoms with E-state index in [1.807, 2.05) is 13.1 Å². The Morgan fingerprint density at radius 2 is 1.57 bits per heavy atom. The fourth-order valence-corrected chi connectivity index (χ4v) is 6.35. The lowest BCUT2D eigenvalue weighted by Gasteiger charge is -2.27. The maximum atomic E-state index is 11.5. The van der Waals surface area contributed by atoms with Crippen LogP contribution >= 0.6 is 0 Å². The van der Waals surface area contributed by atoms with Crippen molar-refractivity contribution in [3.05, 3.63) is 106 Å². The number of allylic oxidation sites excluding steroid dienone is 8. The molecule has 6 nitrogen and oxygen atoms in total. The highest BCUT2D eigenvalue weighted by molar-refractivity contribution is 6.03. The highest BCUT2D eigenvalue weighted by Gasteiger charge is 2.44. The Hall–Kier alpha value is -3.93. The molecule has 0 saturated heterocycles. The van der Waals surface area contributed by atoms with Crippen LogP contribution in [0.15, 0.2) is 84.6 Å². The molecule has 0 spiro atoms. The van der Waals surface area contributed by atoms with Crippen molar-refractivity contribution < 1.29 is 9.50 Å². The van der Waals surface area contributed by atoms with Gasteiger partial charge in [-0.1, -0.05) is 71.9 Å². The zero-order valence-electron chi connectivity index (χ0n) is 28.1. The van der Waals surface area contributed by atoms with Crippen LogP contribution in [0.4, 0.5) is 22.7 Å². The van der Waals surface area contributed by atoms with Crippen LogP contribution in [-0.4, -0.2) is 35.3 Å². The molecule has 44 heavy (non-hydrogen) atoms. The minimum Gasteiger partial charge on any atom is -0.388 e. The summed E-state index contributed by atoms with van der Waals surface area (Å²) >= 11 is 0. The first-order valence-electron chi connectivity index (χ1n) is 16.0. The minimum absolute atomic E-state index is 0.0959. The Morgan fingerprint density at radius 3 is 2.23 bits per heavy atom. The number of non-ortho nitro benzene ring substituents is 1. The molecule has 0 saturated carbocycles. The summed E-state index contributed by atoms with van der Waals surface area (Å²) in [4.78, 5) is 13.6. The molecule has 0 amide bonds. The molecule has 2 aromatic carbocycles. The number of rotatable bonds is 12. The predicted octanol–water partition coefficient (Wildman–Crippen LogP) is 9.46. The van der Waals surface area contributed by atoms with Crippen molar-refractivity contribution in [3.8, 4) is 0 Å². The predicted molar refractivity (Wildman–Crippen MR) is 187 cm³/mol. The van der Waals surface area contributed by atoms with Gasteiger partial charge in [0, 0.05) is 72.3 Å². The fraction of sp³-hybridized carbons (Fsp3) is 0.447. The normalized spacial score (nSPS) is 18.2. The van der Waals surface area contributed by atoms with E-state index in [-0.39, 0.29) is 21.4 Å². The fourth-order valence-electron chi connectivity index (χ4n) is 6.35. The molecule has 0 aromatic heterocycles. The number of nitro benzene ring substituents is 1. The Morgan fingerprint density at radius 1 is 0.886 bits per heavy atom. The number of nitro groups is 1. The largest absolute Gasteiger partial charge is 0.388 e. The van der Waals surface area contributed by atoms with Crippen LogP contribution < -0.4 is 10.2 Å². The van der Waals surface area contributed by atoms with E-state index in [1.54, 1.807) is 12.1 Å². The lowest BCUT2D eigenvalue weighted by Crippen LogP contribution is -2.28. The van der Waals surface area contributed by atoms with Crippen molar-refractivity contribution in [1.82, 2.24) is 0 Å². The first kappa shape index (κ1) is 33.0. The summed E-state index contributed by atoms with van der Waals surface area (Å²) in [6.07, 6.45) is 17.1. The molecule has 2 heterocycles. The van der Waals surface area contributed by atoms with Crippen molar-refractivity contribution in [2.45, 2.75) is 79.1 Å². The summed E-state index contributed by atoms with van der Waals surface area (Å²) in [7, 11) is 1.97. The standard InChI is InChI=1S/C38H51N4O2/c1-27(2)21-23-40-33-19-17-29(39-9)25-31(33)37(5,6)35(40)15-13-11-10-12-14-16-36-38(7,8)32-26-30(42(43)44)18-20-34(32)41(36)24-22-28(3)4/h10-20,25-28,39H,21-24H2,1-9H3/q+1. The Kier molecular flexibility index (Phi) is 10.0. The molecule has 6 heteroatoms. The maximum Gasteiger partial charge on any atom is 0.269 e. The van der Waals surface area contributed by atoms with E-state index in [0.29, 0.717) is 11.8 Å². The first-order chi connectivity index (χ1) is 20.8. The smallest absolute Gasteiger partial charge is 0.269 e. The molecule has 0 atom stereocenters. The van der Waals surface area contributed by atoms with Gasteiger partial charge in [0.25, 0.3) is 5.69 Å². The number of fused-ring (bicyclic) bond motifs is 2. The van der Waals surface area contributed by atoms with E-state index in [9.17, 15) is 10.1 Å². The van der Waals surface area contributed by atoms with Crippen molar-refractivity contribution in [2.24, 2.45) is 11.8 Å². The van der Waals surface area contributed by atoms with Gasteiger partial charge >= 0.3 is 0 Å². The van der Waals surface area contributed by atoms with Gasteiger partial charge in [0.15, 0.2) is 5.71 Å². The van der Waals surface area contributed by atoms with E-state index in [4.69, 9.17) is 0 Å². The summed E-state index contributed by atoms with van der Waals surface area (Å²) in [5, 5.41) is 14.8. The topological polar surface area (TPSA) is 61.4 Å². The van der Waals surface area contributed by atoms with Gasteiger partial charge < -0.3 is 10.2 Å². The molecule has 0 radical (unpaired) electrons. The number of nitrogens with one attached hydrogen (secondary N) is 1. The van der Waals surface area contributed by atoms with Crippen LogP contribution in [0, 0.1) is 22.0 Å². The van der Waals surface area contributed by atoms with E-state index in [1.165, 1.54) is 17.0 Å². The third-order valence-electron chi connectivity index (χ3n) is 9.08. The second-order valence-electron chi connectivity index (χ2n) is 13.9. The zero-order chi connectivity index (χ0) is 32.2. The van der Waals surface area contributed by atoms with Crippen LogP contribution in [-0.2, 0) is 10.8 Å². The van der Waals surface area contributed by atoms with E-state index >= 15 is 0 Å². The molecular weight excluding hydrogens is 544 g/mol. The van der Waals surface area contributed by atoms with E-state index in [2.05, 4.69) is 131 Å². The van der Waals surface area contributed by atoms with Crippen LogP contribution in [0.5, 0.6) is 0 Å². The van der Waals surface area contributed by atoms with Gasteiger partial charge in [-0.15, -0.1) is 0 Å². The molecule has 4 rings (SSSR count). The molecule has 2 aromatic rings. The molecule has 234 valence electrons. The highest BCUT2D eigenvalue weighted by Crippen LogP contribution is 2.49. The number of anilines is 2. The molecule has 0 bridgehead atoms. The number of hydrogen-bond donors (Lipinski definition) is 1. The average Bonchev–Trinajstić information content (AvgIpc) is 3.31. The second kappa shape index (κ2) is 13.4. The second-order valence-corrected chi connectivity index (χ2v) is 13.9. The molecule has 2 aliphatic heterocycles. The van der Waals surface area contributed by atoms with E-state index < -0.39 is 0 Å². The van der Waals surface area contributed by atoms with Gasteiger partial charge in [-0.2, -0.15) is 4.58 Å². The van der Waals surface area contributed by atoms with Gasteiger partial charge in [-0.25, -0.2) is 0 Å². The van der Waals surface area contributed by atoms with Crippen LogP contribution in [0.3, 0.4) is 0 Å². The highest BCUT2D eigenvalue weighted by atomic mass is 16.6. The minimum atomic E-state index is -0.335. The number of hydrogen-bond acceptors (Lipinski definition) is 4. The number of benzene rings is 2. The Bertz CT molecular complexity index is 1540. The third-order valence-corrected chi connectivity index (χ3v) is 9.08. The van der Waals surface area contributed by atoms with Gasteiger partial charge in [-0.3, -0.25) is 10.1 Å². The van der Waals surface area contributed by atoms with Gasteiger partial charge in [0.05, 0.1) is 10.3 Å². The van der Waals surface area contributed by atoms with Crippen molar-refractivity contribution >= 4 is 28.5 Å². The number of nitrogens with zero attached hydrogens (tertiary/aromatic N) is 3. The van der Waals surface area contributed by atoms with Crippen LogP contribution in [0.2, 0.25) is 0 Å². The van der Waals surface area contributed by atoms with Crippen molar-refractivity contribution in [3.63, 3.8) is 0 Å². The van der Waals surface area contributed by atoms with Crippen molar-refractivity contribution in [2.75, 3.05) is 30.4 Å². The Labute approximate surface area is 264 Å². The van der Waals surface area contributed by atoms with Crippen LogP contribution in [0.1, 0.15) is 79.4 Å². The lowest BCUT2D eigenvalue weighted by molar-refractivity contribution is -0.439. The van der Waals surface area contributed by atoms with Crippen LogP contribution in [0.25, 0.3) is 0 Å². The summed E-state index contributed by atoms with van der Waals surface area (Å²) < 4.78 is 2.50. The summed E-state index contributed by atoms with van der Waals surface area (Å²) in [5.41, 5.74) is 8.07. The van der Waals surface area contributed by atoms with Gasteiger partial charge in [0.1, 0.15) is 6.54 Å².